The third kappa shape index (κ3) is 3.45. The zero-order valence-corrected chi connectivity index (χ0v) is 12.0. The molecule has 0 aromatic carbocycles. The quantitative estimate of drug-likeness (QED) is 0.812. The van der Waals surface area contributed by atoms with E-state index in [-0.39, 0.29) is 0 Å². The molecule has 0 aromatic rings. The van der Waals surface area contributed by atoms with E-state index in [0.29, 0.717) is 5.54 Å². The second-order valence-corrected chi connectivity index (χ2v) is 6.63. The number of hydrogen-bond donors (Lipinski definition) is 1. The highest BCUT2D eigenvalue weighted by molar-refractivity contribution is 4.96. The summed E-state index contributed by atoms with van der Waals surface area (Å²) in [6.07, 6.45) is 9.64. The van der Waals surface area contributed by atoms with Gasteiger partial charge >= 0.3 is 0 Å². The van der Waals surface area contributed by atoms with Crippen LogP contribution < -0.4 is 5.32 Å². The molecule has 0 radical (unpaired) electrons. The fourth-order valence-electron chi connectivity index (χ4n) is 3.52. The molecular weight excluding hydrogens is 208 g/mol. The molecule has 100 valence electrons. The van der Waals surface area contributed by atoms with Crippen LogP contribution in [0, 0.1) is 0 Å². The van der Waals surface area contributed by atoms with Crippen LogP contribution in [0.4, 0.5) is 0 Å². The van der Waals surface area contributed by atoms with Gasteiger partial charge in [0.05, 0.1) is 0 Å². The maximum atomic E-state index is 3.92. The zero-order chi connectivity index (χ0) is 12.3. The molecule has 2 unspecified atom stereocenters. The summed E-state index contributed by atoms with van der Waals surface area (Å²) in [5, 5.41) is 3.92. The van der Waals surface area contributed by atoms with Crippen LogP contribution in [0.5, 0.6) is 0 Å². The van der Waals surface area contributed by atoms with Crippen molar-refractivity contribution in [3.63, 3.8) is 0 Å². The van der Waals surface area contributed by atoms with Gasteiger partial charge in [0.15, 0.2) is 0 Å². The van der Waals surface area contributed by atoms with Crippen molar-refractivity contribution in [2.24, 2.45) is 0 Å². The van der Waals surface area contributed by atoms with Crippen LogP contribution >= 0.6 is 0 Å². The van der Waals surface area contributed by atoms with Crippen molar-refractivity contribution in [1.29, 1.82) is 0 Å². The second kappa shape index (κ2) is 5.71. The Labute approximate surface area is 107 Å². The Hall–Kier alpha value is -0.0800. The first-order valence-electron chi connectivity index (χ1n) is 7.64. The van der Waals surface area contributed by atoms with Crippen LogP contribution in [-0.4, -0.2) is 35.6 Å². The van der Waals surface area contributed by atoms with Gasteiger partial charge in [0.1, 0.15) is 0 Å². The van der Waals surface area contributed by atoms with Crippen molar-refractivity contribution < 1.29 is 0 Å². The summed E-state index contributed by atoms with van der Waals surface area (Å²) in [6, 6.07) is 1.56. The lowest BCUT2D eigenvalue weighted by Crippen LogP contribution is -2.53. The normalized spacial score (nSPS) is 34.1. The summed E-state index contributed by atoms with van der Waals surface area (Å²) in [6.45, 7) is 9.67. The Morgan fingerprint density at radius 3 is 2.76 bits per heavy atom. The van der Waals surface area contributed by atoms with E-state index in [1.54, 1.807) is 0 Å². The lowest BCUT2D eigenvalue weighted by atomic mass is 9.88. The highest BCUT2D eigenvalue weighted by Crippen LogP contribution is 2.29. The fourth-order valence-corrected chi connectivity index (χ4v) is 3.52. The van der Waals surface area contributed by atoms with Crippen LogP contribution in [0.25, 0.3) is 0 Å². The maximum absolute atomic E-state index is 3.92. The molecule has 1 saturated heterocycles. The molecule has 1 aliphatic carbocycles. The molecule has 2 heteroatoms. The van der Waals surface area contributed by atoms with Crippen LogP contribution in [0.1, 0.15) is 65.7 Å². The highest BCUT2D eigenvalue weighted by atomic mass is 15.2. The minimum atomic E-state index is 0.335. The van der Waals surface area contributed by atoms with Gasteiger partial charge in [0, 0.05) is 24.2 Å². The third-order valence-electron chi connectivity index (χ3n) is 4.60. The van der Waals surface area contributed by atoms with E-state index in [1.165, 1.54) is 58.0 Å². The third-order valence-corrected chi connectivity index (χ3v) is 4.60. The standard InChI is InChI=1S/C15H30N2/c1-4-5-11-17-12-10-15(2,3)16-13-8-6-7-9-14(13)17/h13-14,16H,4-12H2,1-3H3. The minimum absolute atomic E-state index is 0.335. The Kier molecular flexibility index (Phi) is 4.48. The number of fused-ring (bicyclic) bond motifs is 1. The molecule has 2 aliphatic rings. The van der Waals surface area contributed by atoms with Gasteiger partial charge in [-0.1, -0.05) is 26.2 Å². The lowest BCUT2D eigenvalue weighted by molar-refractivity contribution is 0.138. The van der Waals surface area contributed by atoms with Crippen molar-refractivity contribution in [3.05, 3.63) is 0 Å². The molecular formula is C15H30N2. The van der Waals surface area contributed by atoms with Crippen molar-refractivity contribution >= 4 is 0 Å². The summed E-state index contributed by atoms with van der Waals surface area (Å²) in [7, 11) is 0. The van der Waals surface area contributed by atoms with E-state index in [0.717, 1.165) is 12.1 Å². The second-order valence-electron chi connectivity index (χ2n) is 6.63. The highest BCUT2D eigenvalue weighted by Gasteiger charge is 2.36. The topological polar surface area (TPSA) is 15.3 Å². The molecule has 0 bridgehead atoms. The average Bonchev–Trinajstić information content (AvgIpc) is 2.42. The number of nitrogens with zero attached hydrogens (tertiary/aromatic N) is 1. The first kappa shape index (κ1) is 13.4. The van der Waals surface area contributed by atoms with Gasteiger partial charge in [-0.25, -0.2) is 0 Å². The van der Waals surface area contributed by atoms with Gasteiger partial charge in [0.25, 0.3) is 0 Å². The van der Waals surface area contributed by atoms with E-state index < -0.39 is 0 Å². The molecule has 2 rings (SSSR count). The van der Waals surface area contributed by atoms with Gasteiger partial charge in [-0.3, -0.25) is 4.90 Å². The molecule has 1 saturated carbocycles. The lowest BCUT2D eigenvalue weighted by Gasteiger charge is -2.39. The molecule has 2 atom stereocenters. The van der Waals surface area contributed by atoms with E-state index in [9.17, 15) is 0 Å². The first-order valence-corrected chi connectivity index (χ1v) is 7.64. The first-order chi connectivity index (χ1) is 8.12. The van der Waals surface area contributed by atoms with E-state index >= 15 is 0 Å². The van der Waals surface area contributed by atoms with Crippen LogP contribution in [0.2, 0.25) is 0 Å². The summed E-state index contributed by atoms with van der Waals surface area (Å²) < 4.78 is 0. The van der Waals surface area contributed by atoms with Gasteiger partial charge in [-0.2, -0.15) is 0 Å². The molecule has 0 aromatic heterocycles. The Balaban J connectivity index is 2.04. The van der Waals surface area contributed by atoms with Crippen molar-refractivity contribution in [3.8, 4) is 0 Å². The largest absolute Gasteiger partial charge is 0.307 e. The maximum Gasteiger partial charge on any atom is 0.0249 e. The average molecular weight is 238 g/mol. The molecule has 1 aliphatic heterocycles. The molecule has 2 fully saturated rings. The minimum Gasteiger partial charge on any atom is -0.307 e. The molecule has 0 amide bonds. The van der Waals surface area contributed by atoms with Crippen LogP contribution in [0.15, 0.2) is 0 Å². The molecule has 1 heterocycles. The summed E-state index contributed by atoms with van der Waals surface area (Å²) in [5.74, 6) is 0. The smallest absolute Gasteiger partial charge is 0.0249 e. The summed E-state index contributed by atoms with van der Waals surface area (Å²) in [4.78, 5) is 2.79. The van der Waals surface area contributed by atoms with E-state index in [2.05, 4.69) is 31.0 Å². The van der Waals surface area contributed by atoms with Crippen molar-refractivity contribution in [1.82, 2.24) is 10.2 Å². The summed E-state index contributed by atoms with van der Waals surface area (Å²) in [5.41, 5.74) is 0.335. The fraction of sp³-hybridized carbons (Fsp3) is 1.00. The van der Waals surface area contributed by atoms with Crippen LogP contribution in [0.3, 0.4) is 0 Å². The summed E-state index contributed by atoms with van der Waals surface area (Å²) >= 11 is 0. The van der Waals surface area contributed by atoms with Gasteiger partial charge in [-0.15, -0.1) is 0 Å². The predicted octanol–water partition coefficient (Wildman–Crippen LogP) is 3.17. The van der Waals surface area contributed by atoms with Crippen molar-refractivity contribution in [2.75, 3.05) is 13.1 Å². The number of rotatable bonds is 3. The SMILES string of the molecule is CCCCN1CCC(C)(C)NC2CCCCC21. The van der Waals surface area contributed by atoms with E-state index in [1.807, 2.05) is 0 Å². The number of hydrogen-bond acceptors (Lipinski definition) is 2. The van der Waals surface area contributed by atoms with Gasteiger partial charge in [-0.05, 0) is 46.1 Å². The Morgan fingerprint density at radius 1 is 1.24 bits per heavy atom. The number of unbranched alkanes of at least 4 members (excludes halogenated alkanes) is 1. The molecule has 1 N–H and O–H groups in total. The molecule has 0 spiro atoms. The van der Waals surface area contributed by atoms with Gasteiger partial charge < -0.3 is 5.32 Å². The van der Waals surface area contributed by atoms with Gasteiger partial charge in [0.2, 0.25) is 0 Å². The van der Waals surface area contributed by atoms with Crippen molar-refractivity contribution in [2.45, 2.75) is 83.3 Å². The zero-order valence-electron chi connectivity index (χ0n) is 12.0. The predicted molar refractivity (Wildman–Crippen MR) is 74.4 cm³/mol. The Morgan fingerprint density at radius 2 is 2.00 bits per heavy atom. The van der Waals surface area contributed by atoms with E-state index in [4.69, 9.17) is 0 Å². The van der Waals surface area contributed by atoms with Crippen LogP contribution in [-0.2, 0) is 0 Å². The monoisotopic (exact) mass is 238 g/mol. The number of nitrogens with one attached hydrogen (secondary N) is 1. The molecule has 2 nitrogen and oxygen atoms in total. The molecule has 17 heavy (non-hydrogen) atoms. The Bertz CT molecular complexity index is 237.